The van der Waals surface area contributed by atoms with Crippen molar-refractivity contribution in [2.75, 3.05) is 18.0 Å². The molecular formula is C18H15FN4O. The van der Waals surface area contributed by atoms with Crippen LogP contribution in [0.1, 0.15) is 12.0 Å². The molecule has 2 aromatic rings. The highest BCUT2D eigenvalue weighted by molar-refractivity contribution is 6.02. The molecule has 0 atom stereocenters. The van der Waals surface area contributed by atoms with Crippen molar-refractivity contribution in [3.8, 4) is 6.19 Å². The summed E-state index contributed by atoms with van der Waals surface area (Å²) in [6.45, 7) is 0.361. The largest absolute Gasteiger partial charge is 0.271 e. The van der Waals surface area contributed by atoms with Crippen LogP contribution in [0.3, 0.4) is 0 Å². The Labute approximate surface area is 139 Å². The molecule has 0 unspecified atom stereocenters. The lowest BCUT2D eigenvalue weighted by Gasteiger charge is -2.18. The summed E-state index contributed by atoms with van der Waals surface area (Å²) in [5, 5.41) is 15.0. The molecule has 0 aromatic heterocycles. The maximum Gasteiger partial charge on any atom is 0.263 e. The SMILES string of the molecule is N#CN(CC(=O)N1CCC(c2ccccc2)=N1)c1ccc(F)cc1. The van der Waals surface area contributed by atoms with Crippen molar-refractivity contribution < 1.29 is 9.18 Å². The number of halogens is 1. The number of amides is 1. The normalized spacial score (nSPS) is 13.3. The molecule has 0 saturated carbocycles. The molecule has 1 aliphatic rings. The average molecular weight is 322 g/mol. The van der Waals surface area contributed by atoms with Gasteiger partial charge in [-0.25, -0.2) is 9.40 Å². The van der Waals surface area contributed by atoms with E-state index in [1.54, 1.807) is 0 Å². The van der Waals surface area contributed by atoms with E-state index in [4.69, 9.17) is 0 Å². The van der Waals surface area contributed by atoms with E-state index in [1.165, 1.54) is 34.2 Å². The molecule has 120 valence electrons. The number of hydrogen-bond acceptors (Lipinski definition) is 4. The van der Waals surface area contributed by atoms with Crippen molar-refractivity contribution >= 4 is 17.3 Å². The standard InChI is InChI=1S/C18H15FN4O/c19-15-6-8-16(9-7-15)22(13-20)12-18(24)23-11-10-17(21-23)14-4-2-1-3-5-14/h1-9H,10-12H2. The number of nitrogens with zero attached hydrogens (tertiary/aromatic N) is 4. The zero-order valence-corrected chi connectivity index (χ0v) is 12.9. The van der Waals surface area contributed by atoms with Crippen molar-refractivity contribution in [2.45, 2.75) is 6.42 Å². The van der Waals surface area contributed by atoms with Gasteiger partial charge in [-0.1, -0.05) is 30.3 Å². The molecule has 6 heteroatoms. The maximum absolute atomic E-state index is 13.0. The van der Waals surface area contributed by atoms with Crippen LogP contribution in [0.25, 0.3) is 0 Å². The Kier molecular flexibility index (Phi) is 4.52. The van der Waals surface area contributed by atoms with Crippen LogP contribution in [0.15, 0.2) is 59.7 Å². The molecular weight excluding hydrogens is 307 g/mol. The molecule has 0 bridgehead atoms. The molecule has 0 aliphatic carbocycles. The zero-order valence-electron chi connectivity index (χ0n) is 12.9. The first kappa shape index (κ1) is 15.7. The third kappa shape index (κ3) is 3.41. The first-order chi connectivity index (χ1) is 11.7. The van der Waals surface area contributed by atoms with Crippen molar-refractivity contribution in [1.29, 1.82) is 5.26 Å². The van der Waals surface area contributed by atoms with Gasteiger partial charge >= 0.3 is 0 Å². The summed E-state index contributed by atoms with van der Waals surface area (Å²) in [7, 11) is 0. The Bertz CT molecular complexity index is 796. The van der Waals surface area contributed by atoms with E-state index in [1.807, 2.05) is 36.5 Å². The summed E-state index contributed by atoms with van der Waals surface area (Å²) < 4.78 is 13.0. The minimum absolute atomic E-state index is 0.131. The van der Waals surface area contributed by atoms with Crippen molar-refractivity contribution in [3.63, 3.8) is 0 Å². The second-order valence-electron chi connectivity index (χ2n) is 5.34. The third-order valence-corrected chi connectivity index (χ3v) is 3.75. The minimum atomic E-state index is -0.389. The monoisotopic (exact) mass is 322 g/mol. The van der Waals surface area contributed by atoms with Crippen LogP contribution in [0.2, 0.25) is 0 Å². The fourth-order valence-corrected chi connectivity index (χ4v) is 2.49. The summed E-state index contributed by atoms with van der Waals surface area (Å²) in [5.41, 5.74) is 2.32. The maximum atomic E-state index is 13.0. The molecule has 24 heavy (non-hydrogen) atoms. The highest BCUT2D eigenvalue weighted by atomic mass is 19.1. The second-order valence-corrected chi connectivity index (χ2v) is 5.34. The Morgan fingerprint density at radius 2 is 1.92 bits per heavy atom. The van der Waals surface area contributed by atoms with E-state index in [2.05, 4.69) is 5.10 Å². The molecule has 1 aliphatic heterocycles. The Morgan fingerprint density at radius 1 is 1.21 bits per heavy atom. The number of carbonyl (C=O) groups excluding carboxylic acids is 1. The van der Waals surface area contributed by atoms with Gasteiger partial charge in [-0.2, -0.15) is 10.4 Å². The third-order valence-electron chi connectivity index (χ3n) is 3.75. The molecule has 0 radical (unpaired) electrons. The number of anilines is 1. The lowest BCUT2D eigenvalue weighted by atomic mass is 10.1. The fraction of sp³-hybridized carbons (Fsp3) is 0.167. The summed E-state index contributed by atoms with van der Waals surface area (Å²) >= 11 is 0. The van der Waals surface area contributed by atoms with Crippen molar-refractivity contribution in [1.82, 2.24) is 5.01 Å². The summed E-state index contributed by atoms with van der Waals surface area (Å²) in [4.78, 5) is 13.6. The van der Waals surface area contributed by atoms with Crippen molar-refractivity contribution in [2.24, 2.45) is 5.10 Å². The number of hydrazone groups is 1. The summed E-state index contributed by atoms with van der Waals surface area (Å²) in [6.07, 6.45) is 2.63. The molecule has 0 N–H and O–H groups in total. The van der Waals surface area contributed by atoms with Crippen LogP contribution in [0.4, 0.5) is 10.1 Å². The van der Waals surface area contributed by atoms with Crippen LogP contribution in [0, 0.1) is 17.3 Å². The molecule has 3 rings (SSSR count). The zero-order chi connectivity index (χ0) is 16.9. The topological polar surface area (TPSA) is 59.7 Å². The number of hydrogen-bond donors (Lipinski definition) is 0. The highest BCUT2D eigenvalue weighted by Crippen LogP contribution is 2.17. The van der Waals surface area contributed by atoms with Gasteiger partial charge in [0.05, 0.1) is 17.9 Å². The van der Waals surface area contributed by atoms with Crippen molar-refractivity contribution in [3.05, 3.63) is 66.0 Å². The predicted molar refractivity (Wildman–Crippen MR) is 88.7 cm³/mol. The Morgan fingerprint density at radius 3 is 2.58 bits per heavy atom. The number of rotatable bonds is 4. The first-order valence-corrected chi connectivity index (χ1v) is 7.53. The van der Waals surface area contributed by atoms with Gasteiger partial charge in [0.15, 0.2) is 6.19 Å². The molecule has 0 spiro atoms. The van der Waals surface area contributed by atoms with Gasteiger partial charge in [0, 0.05) is 6.42 Å². The van der Waals surface area contributed by atoms with E-state index >= 15 is 0 Å². The molecule has 0 fully saturated rings. The van der Waals surface area contributed by atoms with E-state index in [9.17, 15) is 14.4 Å². The van der Waals surface area contributed by atoms with Gasteiger partial charge in [0.2, 0.25) is 0 Å². The van der Waals surface area contributed by atoms with E-state index in [0.29, 0.717) is 18.7 Å². The second kappa shape index (κ2) is 6.92. The van der Waals surface area contributed by atoms with Crippen LogP contribution in [-0.4, -0.2) is 29.7 Å². The minimum Gasteiger partial charge on any atom is -0.271 e. The van der Waals surface area contributed by atoms with Crippen LogP contribution in [-0.2, 0) is 4.79 Å². The molecule has 0 saturated heterocycles. The van der Waals surface area contributed by atoms with E-state index in [-0.39, 0.29) is 18.3 Å². The Hall–Kier alpha value is -3.20. The predicted octanol–water partition coefficient (Wildman–Crippen LogP) is 2.75. The summed E-state index contributed by atoms with van der Waals surface area (Å²) in [6, 6.07) is 15.1. The van der Waals surface area contributed by atoms with Gasteiger partial charge in [-0.05, 0) is 29.8 Å². The lowest BCUT2D eigenvalue weighted by molar-refractivity contribution is -0.129. The number of benzene rings is 2. The molecule has 1 heterocycles. The fourth-order valence-electron chi connectivity index (χ4n) is 2.49. The lowest BCUT2D eigenvalue weighted by Crippen LogP contribution is -2.34. The van der Waals surface area contributed by atoms with E-state index in [0.717, 1.165) is 11.3 Å². The Balaban J connectivity index is 1.70. The number of nitriles is 1. The highest BCUT2D eigenvalue weighted by Gasteiger charge is 2.23. The smallest absolute Gasteiger partial charge is 0.263 e. The van der Waals surface area contributed by atoms with Crippen LogP contribution >= 0.6 is 0 Å². The van der Waals surface area contributed by atoms with Gasteiger partial charge in [-0.15, -0.1) is 0 Å². The van der Waals surface area contributed by atoms with Crippen LogP contribution < -0.4 is 4.90 Å². The molecule has 1 amide bonds. The first-order valence-electron chi connectivity index (χ1n) is 7.53. The molecule has 5 nitrogen and oxygen atoms in total. The van der Waals surface area contributed by atoms with E-state index < -0.39 is 0 Å². The summed E-state index contributed by atoms with van der Waals surface area (Å²) in [5.74, 6) is -0.661. The van der Waals surface area contributed by atoms with Gasteiger partial charge in [0.1, 0.15) is 12.4 Å². The quantitative estimate of drug-likeness (QED) is 0.642. The average Bonchev–Trinajstić information content (AvgIpc) is 3.11. The van der Waals surface area contributed by atoms with Crippen LogP contribution in [0.5, 0.6) is 0 Å². The van der Waals surface area contributed by atoms with Gasteiger partial charge in [0.25, 0.3) is 5.91 Å². The van der Waals surface area contributed by atoms with Gasteiger partial charge < -0.3 is 0 Å². The molecule has 2 aromatic carbocycles. The van der Waals surface area contributed by atoms with Gasteiger partial charge in [-0.3, -0.25) is 9.69 Å². The number of carbonyl (C=O) groups is 1.